The third-order valence-corrected chi connectivity index (χ3v) is 7.98. The van der Waals surface area contributed by atoms with E-state index < -0.39 is 0 Å². The number of Topliss-reactive ketones (excluding diaryl/α,β-unsaturated/α-hetero) is 1. The van der Waals surface area contributed by atoms with Crippen molar-refractivity contribution in [2.24, 2.45) is 5.92 Å². The summed E-state index contributed by atoms with van der Waals surface area (Å²) in [5, 5.41) is 3.93. The molecule has 1 amide bonds. The lowest BCUT2D eigenvalue weighted by atomic mass is 9.92. The van der Waals surface area contributed by atoms with E-state index in [1.165, 1.54) is 0 Å². The number of hydrogen-bond donors (Lipinski definition) is 2. The molecule has 2 fully saturated rings. The number of ketones is 1. The number of nitrogens with one attached hydrogen (secondary N) is 2. The monoisotopic (exact) mass is 577 g/mol. The maximum atomic E-state index is 12.9. The summed E-state index contributed by atoms with van der Waals surface area (Å²) in [6.45, 7) is 6.38. The van der Waals surface area contributed by atoms with E-state index in [2.05, 4.69) is 53.0 Å². The van der Waals surface area contributed by atoms with Gasteiger partial charge in [0, 0.05) is 56.2 Å². The van der Waals surface area contributed by atoms with Crippen LogP contribution in [0, 0.1) is 17.8 Å². The van der Waals surface area contributed by atoms with Gasteiger partial charge in [-0.2, -0.15) is 0 Å². The number of ether oxygens (including phenoxy) is 1. The van der Waals surface area contributed by atoms with Crippen LogP contribution in [0.5, 0.6) is 0 Å². The molecule has 1 aromatic carbocycles. The zero-order valence-corrected chi connectivity index (χ0v) is 24.3. The zero-order chi connectivity index (χ0) is 29.6. The highest BCUT2D eigenvalue weighted by atomic mass is 16.5. The summed E-state index contributed by atoms with van der Waals surface area (Å²) in [6, 6.07) is 13.9. The lowest BCUT2D eigenvalue weighted by Gasteiger charge is -2.34. The minimum Gasteiger partial charge on any atom is -0.378 e. The predicted octanol–water partition coefficient (Wildman–Crippen LogP) is 4.24. The van der Waals surface area contributed by atoms with E-state index in [1.54, 1.807) is 19.4 Å². The van der Waals surface area contributed by atoms with Crippen molar-refractivity contribution in [3.8, 4) is 23.1 Å². The van der Waals surface area contributed by atoms with Crippen LogP contribution in [0.15, 0.2) is 55.0 Å². The molecule has 10 heteroatoms. The number of H-pyrrole nitrogens is 1. The van der Waals surface area contributed by atoms with Crippen molar-refractivity contribution < 1.29 is 14.3 Å². The first-order valence-corrected chi connectivity index (χ1v) is 14.8. The third-order valence-electron chi connectivity index (χ3n) is 7.98. The van der Waals surface area contributed by atoms with E-state index in [-0.39, 0.29) is 24.0 Å². The Labute approximate surface area is 250 Å². The van der Waals surface area contributed by atoms with Gasteiger partial charge < -0.3 is 24.8 Å². The fourth-order valence-electron chi connectivity index (χ4n) is 5.89. The van der Waals surface area contributed by atoms with Crippen LogP contribution < -0.4 is 15.1 Å². The van der Waals surface area contributed by atoms with Gasteiger partial charge in [0.2, 0.25) is 11.7 Å². The number of carbonyl (C=O) groups is 2. The molecule has 6 rings (SSSR count). The molecular weight excluding hydrogens is 542 g/mol. The van der Waals surface area contributed by atoms with Crippen molar-refractivity contribution in [1.29, 1.82) is 0 Å². The smallest absolute Gasteiger partial charge is 0.229 e. The highest BCUT2D eigenvalue weighted by molar-refractivity contribution is 5.95. The first kappa shape index (κ1) is 28.4. The standard InChI is InChI=1S/C33H35N7O3/c1-2-4-27(41)17-24-5-3-12-40(21-24)26-10-11-34-30(19-26)38-31(42)18-23-6-8-25(9-7-23)29-20-28-32(37-29)35-22-36-33(28)39-13-15-43-16-14-39/h6-11,19-20,22,24H,3,5,12-18,21H2,1H3,(H,34,38,42)(H,35,36,37)/t24-/m0/s1. The average Bonchev–Trinajstić information content (AvgIpc) is 3.47. The quantitative estimate of drug-likeness (QED) is 0.236. The normalized spacial score (nSPS) is 16.9. The second-order valence-corrected chi connectivity index (χ2v) is 11.0. The van der Waals surface area contributed by atoms with Crippen LogP contribution in [0.4, 0.5) is 17.3 Å². The Hall–Kier alpha value is -4.75. The van der Waals surface area contributed by atoms with Crippen molar-refractivity contribution in [2.45, 2.75) is 32.6 Å². The molecule has 0 aliphatic carbocycles. The Kier molecular flexibility index (Phi) is 8.61. The zero-order valence-electron chi connectivity index (χ0n) is 24.3. The summed E-state index contributed by atoms with van der Waals surface area (Å²) in [5.41, 5.74) is 4.65. The van der Waals surface area contributed by atoms with Crippen LogP contribution in [0.25, 0.3) is 22.3 Å². The number of morpholine rings is 1. The summed E-state index contributed by atoms with van der Waals surface area (Å²) in [7, 11) is 0. The molecule has 43 heavy (non-hydrogen) atoms. The van der Waals surface area contributed by atoms with Gasteiger partial charge in [-0.1, -0.05) is 30.2 Å². The molecule has 2 N–H and O–H groups in total. The van der Waals surface area contributed by atoms with Crippen molar-refractivity contribution in [1.82, 2.24) is 19.9 Å². The molecule has 0 saturated carbocycles. The van der Waals surface area contributed by atoms with E-state index >= 15 is 0 Å². The molecule has 2 aliphatic rings. The van der Waals surface area contributed by atoms with E-state index in [0.29, 0.717) is 25.5 Å². The van der Waals surface area contributed by atoms with Gasteiger partial charge in [0.05, 0.1) is 25.0 Å². The summed E-state index contributed by atoms with van der Waals surface area (Å²) in [6.07, 6.45) is 6.05. The van der Waals surface area contributed by atoms with E-state index in [4.69, 9.17) is 4.74 Å². The fraction of sp³-hybridized carbons (Fsp3) is 0.364. The molecule has 0 bridgehead atoms. The van der Waals surface area contributed by atoms with Crippen molar-refractivity contribution in [3.05, 3.63) is 60.6 Å². The number of carbonyl (C=O) groups excluding carboxylic acids is 2. The maximum absolute atomic E-state index is 12.9. The number of amides is 1. The Bertz CT molecular complexity index is 1670. The summed E-state index contributed by atoms with van der Waals surface area (Å²) in [4.78, 5) is 46.2. The highest BCUT2D eigenvalue weighted by Crippen LogP contribution is 2.30. The minimum atomic E-state index is -0.131. The molecule has 4 aromatic rings. The number of piperidine rings is 1. The first-order chi connectivity index (χ1) is 21.1. The minimum absolute atomic E-state index is 0.00129. The summed E-state index contributed by atoms with van der Waals surface area (Å²) >= 11 is 0. The first-order valence-electron chi connectivity index (χ1n) is 14.8. The highest BCUT2D eigenvalue weighted by Gasteiger charge is 2.23. The van der Waals surface area contributed by atoms with Gasteiger partial charge in [-0.3, -0.25) is 9.59 Å². The Morgan fingerprint density at radius 1 is 1.05 bits per heavy atom. The molecule has 2 saturated heterocycles. The third kappa shape index (κ3) is 6.84. The molecule has 0 radical (unpaired) electrons. The van der Waals surface area contributed by atoms with Crippen LogP contribution in [-0.2, 0) is 20.7 Å². The van der Waals surface area contributed by atoms with Gasteiger partial charge in [-0.15, -0.1) is 0 Å². The summed E-state index contributed by atoms with van der Waals surface area (Å²) in [5.74, 6) is 6.93. The average molecular weight is 578 g/mol. The Balaban J connectivity index is 1.08. The topological polar surface area (TPSA) is 116 Å². The number of hydrogen-bond acceptors (Lipinski definition) is 8. The SMILES string of the molecule is CC#CC(=O)C[C@@H]1CCCN(c2ccnc(NC(=O)Cc3ccc(-c4cc5c(N6CCOCC6)ncnc5[nH]4)cc3)c2)C1. The Morgan fingerprint density at radius 2 is 1.88 bits per heavy atom. The summed E-state index contributed by atoms with van der Waals surface area (Å²) < 4.78 is 5.49. The maximum Gasteiger partial charge on any atom is 0.229 e. The molecule has 3 aromatic heterocycles. The lowest BCUT2D eigenvalue weighted by Crippen LogP contribution is -2.36. The van der Waals surface area contributed by atoms with Crippen LogP contribution in [0.2, 0.25) is 0 Å². The number of pyridine rings is 1. The van der Waals surface area contributed by atoms with Crippen LogP contribution in [0.1, 0.15) is 31.7 Å². The largest absolute Gasteiger partial charge is 0.378 e. The molecule has 1 atom stereocenters. The second kappa shape index (κ2) is 13.0. The van der Waals surface area contributed by atoms with E-state index in [9.17, 15) is 9.59 Å². The van der Waals surface area contributed by atoms with Crippen molar-refractivity contribution in [2.75, 3.05) is 54.5 Å². The number of benzene rings is 1. The number of fused-ring (bicyclic) bond motifs is 1. The van der Waals surface area contributed by atoms with Gasteiger partial charge in [-0.25, -0.2) is 15.0 Å². The van der Waals surface area contributed by atoms with Gasteiger partial charge in [-0.05, 0) is 54.9 Å². The van der Waals surface area contributed by atoms with Gasteiger partial charge in [0.25, 0.3) is 0 Å². The van der Waals surface area contributed by atoms with Gasteiger partial charge >= 0.3 is 0 Å². The fourth-order valence-corrected chi connectivity index (χ4v) is 5.89. The second-order valence-electron chi connectivity index (χ2n) is 11.0. The number of nitrogens with zero attached hydrogens (tertiary/aromatic N) is 5. The van der Waals surface area contributed by atoms with E-state index in [0.717, 1.165) is 78.4 Å². The lowest BCUT2D eigenvalue weighted by molar-refractivity contribution is -0.116. The van der Waals surface area contributed by atoms with Crippen molar-refractivity contribution >= 4 is 40.0 Å². The molecule has 5 heterocycles. The molecular formula is C33H35N7O3. The number of aromatic amines is 1. The van der Waals surface area contributed by atoms with Crippen LogP contribution >= 0.6 is 0 Å². The molecule has 10 nitrogen and oxygen atoms in total. The van der Waals surface area contributed by atoms with Crippen LogP contribution in [0.3, 0.4) is 0 Å². The van der Waals surface area contributed by atoms with Crippen molar-refractivity contribution in [3.63, 3.8) is 0 Å². The van der Waals surface area contributed by atoms with Gasteiger partial charge in [0.15, 0.2) is 0 Å². The number of anilines is 3. The Morgan fingerprint density at radius 3 is 2.70 bits per heavy atom. The molecule has 2 aliphatic heterocycles. The molecule has 220 valence electrons. The number of rotatable bonds is 8. The van der Waals surface area contributed by atoms with Crippen LogP contribution in [-0.4, -0.2) is 71.0 Å². The molecule has 0 unspecified atom stereocenters. The molecule has 0 spiro atoms. The predicted molar refractivity (Wildman–Crippen MR) is 167 cm³/mol. The number of aromatic nitrogens is 4. The van der Waals surface area contributed by atoms with Gasteiger partial charge in [0.1, 0.15) is 23.6 Å². The van der Waals surface area contributed by atoms with E-state index in [1.807, 2.05) is 36.4 Å².